The molecule has 142 valence electrons. The van der Waals surface area contributed by atoms with Gasteiger partial charge < -0.3 is 14.6 Å². The third-order valence-corrected chi connectivity index (χ3v) is 5.86. The SMILES string of the molecule is CCOc1ccc(CNC(=O)c2cc3c(=O)n(C)c4ccccc4c3s2)cc1. The first-order chi connectivity index (χ1) is 13.6. The molecule has 5 nitrogen and oxygen atoms in total. The number of hydrogen-bond donors (Lipinski definition) is 1. The number of hydrogen-bond acceptors (Lipinski definition) is 4. The number of aryl methyl sites for hydroxylation is 1. The van der Waals surface area contributed by atoms with Crippen LogP contribution < -0.4 is 15.6 Å². The molecule has 1 amide bonds. The number of benzene rings is 2. The topological polar surface area (TPSA) is 60.3 Å². The van der Waals surface area contributed by atoms with E-state index in [0.717, 1.165) is 26.9 Å². The number of carbonyl (C=O) groups excluding carboxylic acids is 1. The lowest BCUT2D eigenvalue weighted by Gasteiger charge is -2.06. The van der Waals surface area contributed by atoms with E-state index >= 15 is 0 Å². The van der Waals surface area contributed by atoms with Crippen molar-refractivity contribution in [2.75, 3.05) is 6.61 Å². The zero-order valence-electron chi connectivity index (χ0n) is 15.7. The van der Waals surface area contributed by atoms with Gasteiger partial charge in [-0.3, -0.25) is 9.59 Å². The van der Waals surface area contributed by atoms with Crippen LogP contribution in [0.25, 0.3) is 21.0 Å². The average molecular weight is 392 g/mol. The number of nitrogens with zero attached hydrogens (tertiary/aromatic N) is 1. The fourth-order valence-corrected chi connectivity index (χ4v) is 4.35. The highest BCUT2D eigenvalue weighted by atomic mass is 32.1. The summed E-state index contributed by atoms with van der Waals surface area (Å²) in [6.45, 7) is 2.98. The van der Waals surface area contributed by atoms with Crippen molar-refractivity contribution >= 4 is 38.2 Å². The van der Waals surface area contributed by atoms with Gasteiger partial charge in [-0.05, 0) is 36.8 Å². The standard InChI is InChI=1S/C22H20N2O3S/c1-3-27-15-10-8-14(9-11-15)13-23-21(25)19-12-17-20(28-19)16-6-4-5-7-18(16)24(2)22(17)26/h4-12H,3,13H2,1-2H3,(H,23,25). The van der Waals surface area contributed by atoms with E-state index in [0.29, 0.717) is 23.4 Å². The van der Waals surface area contributed by atoms with E-state index < -0.39 is 0 Å². The Morgan fingerprint density at radius 2 is 1.86 bits per heavy atom. The predicted molar refractivity (Wildman–Crippen MR) is 113 cm³/mol. The van der Waals surface area contributed by atoms with E-state index in [2.05, 4.69) is 5.32 Å². The number of carbonyl (C=O) groups is 1. The third-order valence-electron chi connectivity index (χ3n) is 4.69. The minimum atomic E-state index is -0.179. The Bertz CT molecular complexity index is 1220. The lowest BCUT2D eigenvalue weighted by molar-refractivity contribution is 0.0955. The molecule has 0 saturated carbocycles. The molecule has 2 heterocycles. The number of fused-ring (bicyclic) bond motifs is 3. The number of ether oxygens (including phenoxy) is 1. The lowest BCUT2D eigenvalue weighted by Crippen LogP contribution is -2.21. The van der Waals surface area contributed by atoms with E-state index in [-0.39, 0.29) is 11.5 Å². The Morgan fingerprint density at radius 1 is 1.11 bits per heavy atom. The second-order valence-corrected chi connectivity index (χ2v) is 7.55. The number of rotatable bonds is 5. The number of pyridine rings is 1. The Balaban J connectivity index is 1.60. The molecule has 2 aromatic heterocycles. The molecule has 0 atom stereocenters. The molecule has 0 bridgehead atoms. The highest BCUT2D eigenvalue weighted by Gasteiger charge is 2.16. The normalized spacial score (nSPS) is 11.1. The van der Waals surface area contributed by atoms with Crippen molar-refractivity contribution in [1.29, 1.82) is 0 Å². The first-order valence-corrected chi connectivity index (χ1v) is 9.91. The van der Waals surface area contributed by atoms with Gasteiger partial charge in [-0.2, -0.15) is 0 Å². The van der Waals surface area contributed by atoms with Crippen LogP contribution in [0.2, 0.25) is 0 Å². The summed E-state index contributed by atoms with van der Waals surface area (Å²) in [6, 6.07) is 17.1. The van der Waals surface area contributed by atoms with Gasteiger partial charge in [0.1, 0.15) is 5.75 Å². The number of nitrogens with one attached hydrogen (secondary N) is 1. The van der Waals surface area contributed by atoms with E-state index in [1.54, 1.807) is 17.7 Å². The van der Waals surface area contributed by atoms with Crippen LogP contribution in [0.15, 0.2) is 59.4 Å². The third kappa shape index (κ3) is 3.27. The fourth-order valence-electron chi connectivity index (χ4n) is 3.25. The second-order valence-electron chi connectivity index (χ2n) is 6.49. The number of aromatic nitrogens is 1. The molecule has 28 heavy (non-hydrogen) atoms. The number of thiophene rings is 1. The molecular weight excluding hydrogens is 372 g/mol. The van der Waals surface area contributed by atoms with Crippen LogP contribution in [0.5, 0.6) is 5.75 Å². The summed E-state index contributed by atoms with van der Waals surface area (Å²) >= 11 is 1.36. The quantitative estimate of drug-likeness (QED) is 0.557. The van der Waals surface area contributed by atoms with Crippen molar-refractivity contribution in [1.82, 2.24) is 9.88 Å². The van der Waals surface area contributed by atoms with Crippen LogP contribution in [0, 0.1) is 0 Å². The Morgan fingerprint density at radius 3 is 2.61 bits per heavy atom. The lowest BCUT2D eigenvalue weighted by atomic mass is 10.1. The maximum atomic E-state index is 12.7. The van der Waals surface area contributed by atoms with E-state index in [1.165, 1.54) is 11.3 Å². The van der Waals surface area contributed by atoms with Crippen molar-refractivity contribution in [3.05, 3.63) is 75.4 Å². The molecule has 0 aliphatic rings. The monoisotopic (exact) mass is 392 g/mol. The van der Waals surface area contributed by atoms with Gasteiger partial charge in [-0.25, -0.2) is 0 Å². The summed E-state index contributed by atoms with van der Waals surface area (Å²) in [5.41, 5.74) is 1.76. The minimum Gasteiger partial charge on any atom is -0.494 e. The summed E-state index contributed by atoms with van der Waals surface area (Å²) in [7, 11) is 1.76. The molecule has 4 aromatic rings. The van der Waals surface area contributed by atoms with Gasteiger partial charge in [0.2, 0.25) is 0 Å². The molecule has 4 rings (SSSR count). The maximum absolute atomic E-state index is 12.7. The zero-order chi connectivity index (χ0) is 19.7. The largest absolute Gasteiger partial charge is 0.494 e. The van der Waals surface area contributed by atoms with E-state index in [4.69, 9.17) is 4.74 Å². The number of amides is 1. The van der Waals surface area contributed by atoms with Crippen LogP contribution in [-0.4, -0.2) is 17.1 Å². The van der Waals surface area contributed by atoms with Gasteiger partial charge in [-0.1, -0.05) is 30.3 Å². The molecule has 0 fully saturated rings. The highest BCUT2D eigenvalue weighted by molar-refractivity contribution is 7.21. The summed E-state index contributed by atoms with van der Waals surface area (Å²) in [5.74, 6) is 0.631. The van der Waals surface area contributed by atoms with Gasteiger partial charge in [0.05, 0.1) is 22.4 Å². The molecular formula is C22H20N2O3S. The molecule has 0 spiro atoms. The molecule has 2 aromatic carbocycles. The molecule has 0 saturated heterocycles. The number of para-hydroxylation sites is 1. The fraction of sp³-hybridized carbons (Fsp3) is 0.182. The Hall–Kier alpha value is -3.12. The molecule has 1 N–H and O–H groups in total. The van der Waals surface area contributed by atoms with Crippen LogP contribution in [0.4, 0.5) is 0 Å². The smallest absolute Gasteiger partial charge is 0.261 e. The first kappa shape index (κ1) is 18.3. The molecule has 6 heteroatoms. The molecule has 0 aliphatic heterocycles. The van der Waals surface area contributed by atoms with Gasteiger partial charge in [0, 0.05) is 23.7 Å². The van der Waals surface area contributed by atoms with Gasteiger partial charge in [0.25, 0.3) is 11.5 Å². The van der Waals surface area contributed by atoms with Gasteiger partial charge in [-0.15, -0.1) is 11.3 Å². The van der Waals surface area contributed by atoms with E-state index in [9.17, 15) is 9.59 Å². The summed E-state index contributed by atoms with van der Waals surface area (Å²) in [4.78, 5) is 25.9. The molecule has 0 aliphatic carbocycles. The van der Waals surface area contributed by atoms with Crippen LogP contribution >= 0.6 is 11.3 Å². The van der Waals surface area contributed by atoms with E-state index in [1.807, 2.05) is 55.5 Å². The highest BCUT2D eigenvalue weighted by Crippen LogP contribution is 2.30. The minimum absolute atomic E-state index is 0.0875. The predicted octanol–water partition coefficient (Wildman–Crippen LogP) is 4.08. The maximum Gasteiger partial charge on any atom is 0.261 e. The van der Waals surface area contributed by atoms with Crippen molar-refractivity contribution in [3.63, 3.8) is 0 Å². The van der Waals surface area contributed by atoms with Crippen LogP contribution in [-0.2, 0) is 13.6 Å². The van der Waals surface area contributed by atoms with Crippen molar-refractivity contribution in [3.8, 4) is 5.75 Å². The molecule has 0 unspecified atom stereocenters. The summed E-state index contributed by atoms with van der Waals surface area (Å²) in [5, 5.41) is 4.49. The summed E-state index contributed by atoms with van der Waals surface area (Å²) < 4.78 is 7.91. The van der Waals surface area contributed by atoms with Crippen LogP contribution in [0.1, 0.15) is 22.2 Å². The van der Waals surface area contributed by atoms with Gasteiger partial charge >= 0.3 is 0 Å². The zero-order valence-corrected chi connectivity index (χ0v) is 16.5. The van der Waals surface area contributed by atoms with Crippen molar-refractivity contribution < 1.29 is 9.53 Å². The van der Waals surface area contributed by atoms with Gasteiger partial charge in [0.15, 0.2) is 0 Å². The van der Waals surface area contributed by atoms with Crippen LogP contribution in [0.3, 0.4) is 0 Å². The van der Waals surface area contributed by atoms with Crippen molar-refractivity contribution in [2.45, 2.75) is 13.5 Å². The Kier molecular flexibility index (Phi) is 4.88. The van der Waals surface area contributed by atoms with Crippen molar-refractivity contribution in [2.24, 2.45) is 7.05 Å². The Labute approximate surface area is 166 Å². The summed E-state index contributed by atoms with van der Waals surface area (Å²) in [6.07, 6.45) is 0. The second kappa shape index (κ2) is 7.48. The average Bonchev–Trinajstić information content (AvgIpc) is 3.17. The molecule has 0 radical (unpaired) electrons. The first-order valence-electron chi connectivity index (χ1n) is 9.09.